The van der Waals surface area contributed by atoms with Gasteiger partial charge in [-0.05, 0) is 63.3 Å². The standard InChI is InChI=1S/C18H21FN2O/c1-12-10-13(19)4-5-14(12)18-8-6-15(17(2,3)11-20)21(18)16(22)7-9-18/h4-5,10,15H,6-9H2,1-3H3/t15-,18-/m1/s1. The fourth-order valence-corrected chi connectivity index (χ4v) is 4.32. The number of rotatable bonds is 2. The van der Waals surface area contributed by atoms with E-state index in [4.69, 9.17) is 0 Å². The van der Waals surface area contributed by atoms with Crippen LogP contribution in [-0.4, -0.2) is 16.8 Å². The van der Waals surface area contributed by atoms with Crippen LogP contribution in [0.5, 0.6) is 0 Å². The normalized spacial score (nSPS) is 27.9. The molecule has 116 valence electrons. The summed E-state index contributed by atoms with van der Waals surface area (Å²) < 4.78 is 13.4. The van der Waals surface area contributed by atoms with E-state index in [1.165, 1.54) is 12.1 Å². The molecule has 2 saturated heterocycles. The molecule has 2 aliphatic rings. The highest BCUT2D eigenvalue weighted by Gasteiger charge is 2.57. The molecule has 2 fully saturated rings. The number of carbonyl (C=O) groups is 1. The first-order valence-corrected chi connectivity index (χ1v) is 7.82. The number of hydrogen-bond donors (Lipinski definition) is 0. The summed E-state index contributed by atoms with van der Waals surface area (Å²) >= 11 is 0. The van der Waals surface area contributed by atoms with Crippen LogP contribution in [0.1, 0.15) is 50.7 Å². The number of amides is 1. The van der Waals surface area contributed by atoms with E-state index >= 15 is 0 Å². The molecule has 3 rings (SSSR count). The van der Waals surface area contributed by atoms with E-state index in [1.807, 2.05) is 31.7 Å². The Balaban J connectivity index is 2.10. The van der Waals surface area contributed by atoms with E-state index < -0.39 is 5.41 Å². The number of aryl methyl sites for hydroxylation is 1. The zero-order chi connectivity index (χ0) is 16.1. The number of carbonyl (C=O) groups excluding carboxylic acids is 1. The van der Waals surface area contributed by atoms with E-state index in [1.54, 1.807) is 0 Å². The molecule has 2 atom stereocenters. The minimum absolute atomic E-state index is 0.0723. The summed E-state index contributed by atoms with van der Waals surface area (Å²) in [7, 11) is 0. The lowest BCUT2D eigenvalue weighted by Crippen LogP contribution is -2.48. The van der Waals surface area contributed by atoms with Crippen LogP contribution in [0.25, 0.3) is 0 Å². The third-order valence-corrected chi connectivity index (χ3v) is 5.44. The van der Waals surface area contributed by atoms with Gasteiger partial charge in [-0.1, -0.05) is 6.07 Å². The minimum Gasteiger partial charge on any atom is -0.328 e. The van der Waals surface area contributed by atoms with Crippen molar-refractivity contribution < 1.29 is 9.18 Å². The molecule has 3 nitrogen and oxygen atoms in total. The average molecular weight is 300 g/mol. The second kappa shape index (κ2) is 4.81. The molecule has 0 unspecified atom stereocenters. The first kappa shape index (κ1) is 15.0. The van der Waals surface area contributed by atoms with Gasteiger partial charge in [0.05, 0.1) is 23.1 Å². The Bertz CT molecular complexity index is 676. The Morgan fingerprint density at radius 3 is 2.77 bits per heavy atom. The van der Waals surface area contributed by atoms with Crippen molar-refractivity contribution in [2.45, 2.75) is 58.0 Å². The van der Waals surface area contributed by atoms with Crippen molar-refractivity contribution in [1.29, 1.82) is 5.26 Å². The molecule has 1 amide bonds. The Kier molecular flexibility index (Phi) is 3.28. The molecular weight excluding hydrogens is 279 g/mol. The maximum absolute atomic E-state index is 13.4. The molecule has 0 N–H and O–H groups in total. The Hall–Kier alpha value is -1.89. The van der Waals surface area contributed by atoms with E-state index in [9.17, 15) is 14.4 Å². The number of nitriles is 1. The van der Waals surface area contributed by atoms with Crippen molar-refractivity contribution in [3.63, 3.8) is 0 Å². The summed E-state index contributed by atoms with van der Waals surface area (Å²) in [5, 5.41) is 9.47. The summed E-state index contributed by atoms with van der Waals surface area (Å²) in [4.78, 5) is 14.5. The second-order valence-corrected chi connectivity index (χ2v) is 7.14. The molecule has 2 aliphatic heterocycles. The Morgan fingerprint density at radius 1 is 1.41 bits per heavy atom. The number of benzene rings is 1. The van der Waals surface area contributed by atoms with Crippen LogP contribution in [0.4, 0.5) is 4.39 Å². The van der Waals surface area contributed by atoms with Gasteiger partial charge in [0, 0.05) is 6.42 Å². The van der Waals surface area contributed by atoms with Crippen molar-refractivity contribution in [2.24, 2.45) is 5.41 Å². The molecule has 2 heterocycles. The molecule has 0 saturated carbocycles. The van der Waals surface area contributed by atoms with Gasteiger partial charge in [-0.25, -0.2) is 4.39 Å². The molecule has 1 aromatic carbocycles. The third-order valence-electron chi connectivity index (χ3n) is 5.44. The molecule has 0 radical (unpaired) electrons. The summed E-state index contributed by atoms with van der Waals surface area (Å²) in [6.07, 6.45) is 2.94. The van der Waals surface area contributed by atoms with Crippen molar-refractivity contribution in [2.75, 3.05) is 0 Å². The Labute approximate surface area is 130 Å². The van der Waals surface area contributed by atoms with Crippen LogP contribution in [-0.2, 0) is 10.3 Å². The van der Waals surface area contributed by atoms with E-state index in [2.05, 4.69) is 6.07 Å². The summed E-state index contributed by atoms with van der Waals surface area (Å²) in [5.74, 6) is -0.130. The predicted molar refractivity (Wildman–Crippen MR) is 81.3 cm³/mol. The van der Waals surface area contributed by atoms with Crippen LogP contribution in [0, 0.1) is 29.5 Å². The van der Waals surface area contributed by atoms with Crippen molar-refractivity contribution >= 4 is 5.91 Å². The lowest BCUT2D eigenvalue weighted by atomic mass is 9.83. The molecule has 1 aromatic rings. The van der Waals surface area contributed by atoms with Gasteiger partial charge < -0.3 is 4.90 Å². The van der Waals surface area contributed by atoms with Crippen LogP contribution in [0.3, 0.4) is 0 Å². The van der Waals surface area contributed by atoms with Crippen molar-refractivity contribution in [3.8, 4) is 6.07 Å². The highest BCUT2D eigenvalue weighted by atomic mass is 19.1. The number of hydrogen-bond acceptors (Lipinski definition) is 2. The van der Waals surface area contributed by atoms with Gasteiger partial charge in [0.15, 0.2) is 0 Å². The van der Waals surface area contributed by atoms with Gasteiger partial charge in [0.25, 0.3) is 0 Å². The lowest BCUT2D eigenvalue weighted by molar-refractivity contribution is -0.133. The van der Waals surface area contributed by atoms with Crippen LogP contribution < -0.4 is 0 Å². The monoisotopic (exact) mass is 300 g/mol. The first-order chi connectivity index (χ1) is 10.3. The fraction of sp³-hybridized carbons (Fsp3) is 0.556. The largest absolute Gasteiger partial charge is 0.328 e. The summed E-state index contributed by atoms with van der Waals surface area (Å²) in [6, 6.07) is 7.11. The average Bonchev–Trinajstić information content (AvgIpc) is 2.99. The topological polar surface area (TPSA) is 44.1 Å². The van der Waals surface area contributed by atoms with Gasteiger partial charge in [-0.3, -0.25) is 4.79 Å². The Morgan fingerprint density at radius 2 is 2.14 bits per heavy atom. The molecule has 0 bridgehead atoms. The molecule has 4 heteroatoms. The summed E-state index contributed by atoms with van der Waals surface area (Å²) in [6.45, 7) is 5.70. The van der Waals surface area contributed by atoms with Gasteiger partial charge in [-0.15, -0.1) is 0 Å². The van der Waals surface area contributed by atoms with Gasteiger partial charge in [-0.2, -0.15) is 5.26 Å². The molecule has 0 aliphatic carbocycles. The first-order valence-electron chi connectivity index (χ1n) is 7.82. The fourth-order valence-electron chi connectivity index (χ4n) is 4.32. The second-order valence-electron chi connectivity index (χ2n) is 7.14. The van der Waals surface area contributed by atoms with E-state index in [0.29, 0.717) is 6.42 Å². The molecular formula is C18H21FN2O. The van der Waals surface area contributed by atoms with Gasteiger partial charge in [0.2, 0.25) is 5.91 Å². The van der Waals surface area contributed by atoms with E-state index in [0.717, 1.165) is 30.4 Å². The van der Waals surface area contributed by atoms with Gasteiger partial charge in [0.1, 0.15) is 5.82 Å². The number of halogens is 1. The number of fused-ring (bicyclic) bond motifs is 1. The zero-order valence-corrected chi connectivity index (χ0v) is 13.3. The van der Waals surface area contributed by atoms with Crippen LogP contribution in [0.2, 0.25) is 0 Å². The lowest BCUT2D eigenvalue weighted by Gasteiger charge is -2.40. The molecule has 22 heavy (non-hydrogen) atoms. The minimum atomic E-state index is -0.574. The number of nitrogens with zero attached hydrogens (tertiary/aromatic N) is 2. The quantitative estimate of drug-likeness (QED) is 0.836. The van der Waals surface area contributed by atoms with Crippen LogP contribution in [0.15, 0.2) is 18.2 Å². The smallest absolute Gasteiger partial charge is 0.223 e. The molecule has 0 aromatic heterocycles. The highest BCUT2D eigenvalue weighted by molar-refractivity contribution is 5.81. The predicted octanol–water partition coefficient (Wildman–Crippen LogP) is 3.66. The molecule has 0 spiro atoms. The van der Waals surface area contributed by atoms with Crippen molar-refractivity contribution in [3.05, 3.63) is 35.1 Å². The summed E-state index contributed by atoms with van der Waals surface area (Å²) in [5.41, 5.74) is 0.995. The maximum atomic E-state index is 13.4. The highest BCUT2D eigenvalue weighted by Crippen LogP contribution is 2.54. The van der Waals surface area contributed by atoms with Gasteiger partial charge >= 0.3 is 0 Å². The maximum Gasteiger partial charge on any atom is 0.223 e. The van der Waals surface area contributed by atoms with Crippen LogP contribution >= 0.6 is 0 Å². The van der Waals surface area contributed by atoms with Crippen molar-refractivity contribution in [1.82, 2.24) is 4.90 Å². The third kappa shape index (κ3) is 1.95. The SMILES string of the molecule is Cc1cc(F)ccc1[C@@]12CCC(=O)N1[C@@H](C(C)(C)C#N)CC2. The van der Waals surface area contributed by atoms with E-state index in [-0.39, 0.29) is 23.3 Å². The zero-order valence-electron chi connectivity index (χ0n) is 13.3.